The van der Waals surface area contributed by atoms with Crippen molar-refractivity contribution in [2.45, 2.75) is 26.2 Å². The number of hydrogen-bond donors (Lipinski definition) is 1. The van der Waals surface area contributed by atoms with Crippen LogP contribution in [0.25, 0.3) is 11.0 Å². The highest BCUT2D eigenvalue weighted by Gasteiger charge is 2.12. The highest BCUT2D eigenvalue weighted by atomic mass is 16.1. The molecule has 0 saturated heterocycles. The Kier molecular flexibility index (Phi) is 5.19. The molecule has 1 amide bonds. The molecule has 2 aromatic rings. The third-order valence-corrected chi connectivity index (χ3v) is 3.74. The summed E-state index contributed by atoms with van der Waals surface area (Å²) in [5, 5.41) is 2.94. The highest BCUT2D eigenvalue weighted by Crippen LogP contribution is 2.21. The van der Waals surface area contributed by atoms with Gasteiger partial charge >= 0.3 is 0 Å². The van der Waals surface area contributed by atoms with Gasteiger partial charge in [0.1, 0.15) is 5.82 Å². The van der Waals surface area contributed by atoms with Gasteiger partial charge in [0.2, 0.25) is 5.91 Å². The van der Waals surface area contributed by atoms with E-state index >= 15 is 0 Å². The molecule has 0 spiro atoms. The van der Waals surface area contributed by atoms with Crippen LogP contribution in [-0.2, 0) is 18.3 Å². The number of carbonyl (C=O) groups is 1. The van der Waals surface area contributed by atoms with Crippen LogP contribution in [0.1, 0.15) is 31.2 Å². The molecule has 0 aliphatic carbocycles. The van der Waals surface area contributed by atoms with Crippen LogP contribution in [0.15, 0.2) is 18.2 Å². The van der Waals surface area contributed by atoms with Crippen LogP contribution in [0.2, 0.25) is 0 Å². The molecule has 0 atom stereocenters. The van der Waals surface area contributed by atoms with Crippen LogP contribution >= 0.6 is 0 Å². The summed E-state index contributed by atoms with van der Waals surface area (Å²) in [6.45, 7) is 5.80. The minimum absolute atomic E-state index is 0.0567. The third kappa shape index (κ3) is 3.85. The molecule has 0 fully saturated rings. The minimum Gasteiger partial charge on any atom is -0.355 e. The van der Waals surface area contributed by atoms with Gasteiger partial charge in [0, 0.05) is 26.1 Å². The molecule has 0 saturated carbocycles. The zero-order valence-electron chi connectivity index (χ0n) is 14.2. The van der Waals surface area contributed by atoms with E-state index in [-0.39, 0.29) is 5.91 Å². The van der Waals surface area contributed by atoms with Crippen LogP contribution in [0.4, 0.5) is 0 Å². The predicted molar refractivity (Wildman–Crippen MR) is 90.1 cm³/mol. The van der Waals surface area contributed by atoms with Gasteiger partial charge < -0.3 is 14.8 Å². The summed E-state index contributed by atoms with van der Waals surface area (Å²) in [6, 6.07) is 6.09. The number of amides is 1. The maximum atomic E-state index is 12.0. The summed E-state index contributed by atoms with van der Waals surface area (Å²) < 4.78 is 2.13. The number of nitrogens with zero attached hydrogens (tertiary/aromatic N) is 3. The number of rotatable bonds is 6. The lowest BCUT2D eigenvalue weighted by atomic mass is 10.1. The molecule has 1 aromatic carbocycles. The molecule has 1 heterocycles. The molecule has 2 rings (SSSR count). The average molecular weight is 302 g/mol. The second kappa shape index (κ2) is 6.92. The quantitative estimate of drug-likeness (QED) is 0.887. The molecule has 5 heteroatoms. The zero-order chi connectivity index (χ0) is 16.3. The Balaban J connectivity index is 2.08. The van der Waals surface area contributed by atoms with Gasteiger partial charge in [-0.15, -0.1) is 0 Å². The lowest BCUT2D eigenvalue weighted by Crippen LogP contribution is -2.32. The van der Waals surface area contributed by atoms with E-state index in [1.165, 1.54) is 0 Å². The second-order valence-electron chi connectivity index (χ2n) is 6.34. The lowest BCUT2D eigenvalue weighted by molar-refractivity contribution is -0.120. The monoisotopic (exact) mass is 302 g/mol. The molecular weight excluding hydrogens is 276 g/mol. The first-order valence-electron chi connectivity index (χ1n) is 7.75. The fourth-order valence-corrected chi connectivity index (χ4v) is 2.56. The largest absolute Gasteiger partial charge is 0.355 e. The first-order valence-corrected chi connectivity index (χ1v) is 7.75. The molecule has 0 radical (unpaired) electrons. The van der Waals surface area contributed by atoms with Crippen molar-refractivity contribution >= 4 is 16.9 Å². The number of nitrogens with one attached hydrogen (secondary N) is 1. The lowest BCUT2D eigenvalue weighted by Gasteiger charge is -2.10. The summed E-state index contributed by atoms with van der Waals surface area (Å²) in [5.41, 5.74) is 3.08. The van der Waals surface area contributed by atoms with Crippen LogP contribution in [0.3, 0.4) is 0 Å². The molecule has 0 bridgehead atoms. The summed E-state index contributed by atoms with van der Waals surface area (Å²) >= 11 is 0. The Labute approximate surface area is 132 Å². The van der Waals surface area contributed by atoms with E-state index in [1.54, 1.807) is 0 Å². The van der Waals surface area contributed by atoms with Crippen molar-refractivity contribution < 1.29 is 4.79 Å². The van der Waals surface area contributed by atoms with Crippen LogP contribution < -0.4 is 5.32 Å². The number of imidazole rings is 1. The Bertz CT molecular complexity index is 658. The highest BCUT2D eigenvalue weighted by molar-refractivity contribution is 5.82. The van der Waals surface area contributed by atoms with Gasteiger partial charge in [0.05, 0.1) is 17.5 Å². The molecule has 1 N–H and O–H groups in total. The molecule has 0 unspecified atom stereocenters. The summed E-state index contributed by atoms with van der Waals surface area (Å²) in [4.78, 5) is 18.7. The maximum absolute atomic E-state index is 12.0. The molecule has 0 aliphatic rings. The number of aromatic nitrogens is 2. The maximum Gasteiger partial charge on any atom is 0.224 e. The SMILES string of the molecule is CC(C)c1nc2cc(CC(=O)NCCN(C)C)ccc2n1C. The van der Waals surface area contributed by atoms with Gasteiger partial charge in [-0.25, -0.2) is 4.98 Å². The number of benzene rings is 1. The van der Waals surface area contributed by atoms with Gasteiger partial charge in [0.15, 0.2) is 0 Å². The van der Waals surface area contributed by atoms with E-state index < -0.39 is 0 Å². The summed E-state index contributed by atoms with van der Waals surface area (Å²) in [7, 11) is 6.03. The van der Waals surface area contributed by atoms with Crippen molar-refractivity contribution in [3.63, 3.8) is 0 Å². The number of fused-ring (bicyclic) bond motifs is 1. The van der Waals surface area contributed by atoms with Gasteiger partial charge in [-0.3, -0.25) is 4.79 Å². The van der Waals surface area contributed by atoms with E-state index in [9.17, 15) is 4.79 Å². The Hall–Kier alpha value is -1.88. The standard InChI is InChI=1S/C17H26N4O/c1-12(2)17-19-14-10-13(6-7-15(14)21(17)5)11-16(22)18-8-9-20(3)4/h6-7,10,12H,8-9,11H2,1-5H3,(H,18,22). The topological polar surface area (TPSA) is 50.2 Å². The summed E-state index contributed by atoms with van der Waals surface area (Å²) in [6.07, 6.45) is 0.400. The number of likely N-dealkylation sites (N-methyl/N-ethyl adjacent to an activating group) is 1. The predicted octanol–water partition coefficient (Wildman–Crippen LogP) is 1.92. The third-order valence-electron chi connectivity index (χ3n) is 3.74. The Morgan fingerprint density at radius 2 is 2.09 bits per heavy atom. The van der Waals surface area contributed by atoms with E-state index in [0.29, 0.717) is 18.9 Å². The van der Waals surface area contributed by atoms with Crippen LogP contribution in [0.5, 0.6) is 0 Å². The molecule has 1 aromatic heterocycles. The number of carbonyl (C=O) groups excluding carboxylic acids is 1. The second-order valence-corrected chi connectivity index (χ2v) is 6.34. The van der Waals surface area contributed by atoms with Crippen molar-refractivity contribution in [1.82, 2.24) is 19.8 Å². The van der Waals surface area contributed by atoms with E-state index in [1.807, 2.05) is 38.2 Å². The van der Waals surface area contributed by atoms with Gasteiger partial charge in [0.25, 0.3) is 0 Å². The van der Waals surface area contributed by atoms with E-state index in [0.717, 1.165) is 29.0 Å². The van der Waals surface area contributed by atoms with Crippen LogP contribution in [0, 0.1) is 0 Å². The first-order chi connectivity index (χ1) is 10.4. The molecular formula is C17H26N4O. The zero-order valence-corrected chi connectivity index (χ0v) is 14.2. The van der Waals surface area contributed by atoms with Crippen molar-refractivity contribution in [2.75, 3.05) is 27.2 Å². The molecule has 5 nitrogen and oxygen atoms in total. The number of hydrogen-bond acceptors (Lipinski definition) is 3. The normalized spacial score (nSPS) is 11.6. The first kappa shape index (κ1) is 16.5. The smallest absolute Gasteiger partial charge is 0.224 e. The van der Waals surface area contributed by atoms with Crippen LogP contribution in [-0.4, -0.2) is 47.5 Å². The molecule has 22 heavy (non-hydrogen) atoms. The Morgan fingerprint density at radius 3 is 2.73 bits per heavy atom. The average Bonchev–Trinajstić information content (AvgIpc) is 2.75. The minimum atomic E-state index is 0.0567. The van der Waals surface area contributed by atoms with Gasteiger partial charge in [-0.2, -0.15) is 0 Å². The number of aryl methyl sites for hydroxylation is 1. The molecule has 0 aliphatic heterocycles. The fourth-order valence-electron chi connectivity index (χ4n) is 2.56. The Morgan fingerprint density at radius 1 is 1.36 bits per heavy atom. The fraction of sp³-hybridized carbons (Fsp3) is 0.529. The van der Waals surface area contributed by atoms with E-state index in [4.69, 9.17) is 0 Å². The summed E-state index contributed by atoms with van der Waals surface area (Å²) in [5.74, 6) is 1.51. The van der Waals surface area contributed by atoms with Crippen molar-refractivity contribution in [3.05, 3.63) is 29.6 Å². The van der Waals surface area contributed by atoms with Crippen molar-refractivity contribution in [2.24, 2.45) is 7.05 Å². The van der Waals surface area contributed by atoms with Gasteiger partial charge in [-0.05, 0) is 31.8 Å². The molecule has 120 valence electrons. The van der Waals surface area contributed by atoms with Crippen molar-refractivity contribution in [3.8, 4) is 0 Å². The van der Waals surface area contributed by atoms with E-state index in [2.05, 4.69) is 34.8 Å². The van der Waals surface area contributed by atoms with Gasteiger partial charge in [-0.1, -0.05) is 19.9 Å². The van der Waals surface area contributed by atoms with Crippen molar-refractivity contribution in [1.29, 1.82) is 0 Å².